The van der Waals surface area contributed by atoms with E-state index in [-0.39, 0.29) is 5.91 Å². The molecule has 0 aliphatic rings. The van der Waals surface area contributed by atoms with Crippen molar-refractivity contribution in [3.63, 3.8) is 0 Å². The molecule has 0 saturated heterocycles. The van der Waals surface area contributed by atoms with Crippen LogP contribution < -0.4 is 14.8 Å². The van der Waals surface area contributed by atoms with Gasteiger partial charge in [0.05, 0.1) is 25.6 Å². The third-order valence-electron chi connectivity index (χ3n) is 4.06. The van der Waals surface area contributed by atoms with Gasteiger partial charge in [0.25, 0.3) is 5.91 Å². The molecule has 0 bridgehead atoms. The molecule has 1 aromatic heterocycles. The number of hydrogen-bond acceptors (Lipinski definition) is 4. The molecule has 2 aromatic carbocycles. The molecule has 1 heterocycles. The second kappa shape index (κ2) is 7.31. The Morgan fingerprint density at radius 2 is 1.73 bits per heavy atom. The number of anilines is 1. The minimum absolute atomic E-state index is 0.303. The van der Waals surface area contributed by atoms with E-state index in [4.69, 9.17) is 9.47 Å². The third kappa shape index (κ3) is 3.54. The first-order chi connectivity index (χ1) is 12.5. The fourth-order valence-electron chi connectivity index (χ4n) is 2.62. The number of aryl methyl sites for hydroxylation is 2. The van der Waals surface area contributed by atoms with Crippen LogP contribution in [0.3, 0.4) is 0 Å². The van der Waals surface area contributed by atoms with Crippen LogP contribution in [0, 0.1) is 13.8 Å². The number of nitrogens with zero attached hydrogens (tertiary/aromatic N) is 2. The second-order valence-corrected chi connectivity index (χ2v) is 5.94. The van der Waals surface area contributed by atoms with E-state index in [9.17, 15) is 4.79 Å². The van der Waals surface area contributed by atoms with Gasteiger partial charge in [0, 0.05) is 11.8 Å². The second-order valence-electron chi connectivity index (χ2n) is 5.94. The summed E-state index contributed by atoms with van der Waals surface area (Å²) in [7, 11) is 3.12. The summed E-state index contributed by atoms with van der Waals surface area (Å²) in [6, 6.07) is 14.9. The summed E-state index contributed by atoms with van der Waals surface area (Å²) in [5.41, 5.74) is 3.85. The molecule has 1 amide bonds. The van der Waals surface area contributed by atoms with Crippen molar-refractivity contribution in [2.24, 2.45) is 0 Å². The van der Waals surface area contributed by atoms with E-state index in [0.29, 0.717) is 22.9 Å². The van der Waals surface area contributed by atoms with Crippen molar-refractivity contribution in [2.45, 2.75) is 13.8 Å². The highest BCUT2D eigenvalue weighted by molar-refractivity contribution is 6.03. The number of carbonyl (C=O) groups excluding carboxylic acids is 1. The predicted molar refractivity (Wildman–Crippen MR) is 101 cm³/mol. The van der Waals surface area contributed by atoms with E-state index < -0.39 is 0 Å². The maximum absolute atomic E-state index is 12.6. The number of aromatic nitrogens is 2. The van der Waals surface area contributed by atoms with Crippen LogP contribution in [-0.2, 0) is 0 Å². The van der Waals surface area contributed by atoms with E-state index in [0.717, 1.165) is 11.4 Å². The molecule has 0 unspecified atom stereocenters. The highest BCUT2D eigenvalue weighted by Crippen LogP contribution is 2.29. The molecule has 3 rings (SSSR count). The van der Waals surface area contributed by atoms with Crippen molar-refractivity contribution in [2.75, 3.05) is 19.5 Å². The lowest BCUT2D eigenvalue weighted by molar-refractivity contribution is 0.102. The van der Waals surface area contributed by atoms with Gasteiger partial charge in [0.2, 0.25) is 0 Å². The van der Waals surface area contributed by atoms with E-state index >= 15 is 0 Å². The number of methoxy groups -OCH3 is 2. The van der Waals surface area contributed by atoms with Crippen LogP contribution in [0.1, 0.15) is 21.7 Å². The fraction of sp³-hybridized carbons (Fsp3) is 0.200. The number of amides is 1. The summed E-state index contributed by atoms with van der Waals surface area (Å²) in [5, 5.41) is 7.27. The first-order valence-electron chi connectivity index (χ1n) is 8.19. The molecule has 0 saturated carbocycles. The van der Waals surface area contributed by atoms with E-state index in [1.54, 1.807) is 43.2 Å². The van der Waals surface area contributed by atoms with Crippen molar-refractivity contribution in [1.29, 1.82) is 0 Å². The van der Waals surface area contributed by atoms with Crippen LogP contribution in [0.4, 0.5) is 5.69 Å². The van der Waals surface area contributed by atoms with Crippen LogP contribution in [0.5, 0.6) is 11.5 Å². The maximum Gasteiger partial charge on any atom is 0.276 e. The number of carbonyl (C=O) groups is 1. The van der Waals surface area contributed by atoms with Gasteiger partial charge < -0.3 is 14.8 Å². The van der Waals surface area contributed by atoms with Gasteiger partial charge in [-0.05, 0) is 44.2 Å². The summed E-state index contributed by atoms with van der Waals surface area (Å²) in [5.74, 6) is 0.870. The van der Waals surface area contributed by atoms with Crippen molar-refractivity contribution in [1.82, 2.24) is 9.78 Å². The normalized spacial score (nSPS) is 10.5. The van der Waals surface area contributed by atoms with Crippen molar-refractivity contribution in [3.8, 4) is 17.2 Å². The Balaban J connectivity index is 1.85. The van der Waals surface area contributed by atoms with Crippen molar-refractivity contribution >= 4 is 11.6 Å². The molecule has 3 aromatic rings. The molecule has 0 spiro atoms. The monoisotopic (exact) mass is 351 g/mol. The lowest BCUT2D eigenvalue weighted by atomic mass is 10.2. The Morgan fingerprint density at radius 3 is 2.38 bits per heavy atom. The van der Waals surface area contributed by atoms with Crippen LogP contribution in [0.25, 0.3) is 5.69 Å². The lowest BCUT2D eigenvalue weighted by Gasteiger charge is -2.10. The molecule has 0 fully saturated rings. The molecule has 6 nitrogen and oxygen atoms in total. The molecule has 0 aliphatic carbocycles. The third-order valence-corrected chi connectivity index (χ3v) is 4.06. The van der Waals surface area contributed by atoms with Crippen molar-refractivity contribution in [3.05, 3.63) is 65.5 Å². The highest BCUT2D eigenvalue weighted by Gasteiger charge is 2.15. The Morgan fingerprint density at radius 1 is 1.00 bits per heavy atom. The highest BCUT2D eigenvalue weighted by atomic mass is 16.5. The number of ether oxygens (including phenoxy) is 2. The fourth-order valence-corrected chi connectivity index (χ4v) is 2.62. The largest absolute Gasteiger partial charge is 0.497 e. The summed E-state index contributed by atoms with van der Waals surface area (Å²) in [4.78, 5) is 12.6. The van der Waals surface area contributed by atoms with Gasteiger partial charge in [-0.25, -0.2) is 4.68 Å². The van der Waals surface area contributed by atoms with Gasteiger partial charge in [-0.15, -0.1) is 0 Å². The summed E-state index contributed by atoms with van der Waals surface area (Å²) >= 11 is 0. The minimum Gasteiger partial charge on any atom is -0.497 e. The molecule has 134 valence electrons. The molecule has 0 aliphatic heterocycles. The summed E-state index contributed by atoms with van der Waals surface area (Å²) < 4.78 is 12.2. The molecular formula is C20H21N3O3. The smallest absolute Gasteiger partial charge is 0.276 e. The SMILES string of the molecule is COc1ccc(NC(=O)c2cc(C)n(-c3ccc(C)cc3)n2)c(OC)c1. The van der Waals surface area contributed by atoms with Crippen LogP contribution in [-0.4, -0.2) is 29.9 Å². The van der Waals surface area contributed by atoms with Crippen LogP contribution >= 0.6 is 0 Å². The molecule has 6 heteroatoms. The van der Waals surface area contributed by atoms with E-state index in [2.05, 4.69) is 10.4 Å². The van der Waals surface area contributed by atoms with E-state index in [1.165, 1.54) is 5.56 Å². The van der Waals surface area contributed by atoms with Gasteiger partial charge in [0.15, 0.2) is 5.69 Å². The zero-order chi connectivity index (χ0) is 18.7. The van der Waals surface area contributed by atoms with Crippen LogP contribution in [0.2, 0.25) is 0 Å². The minimum atomic E-state index is -0.303. The summed E-state index contributed by atoms with van der Waals surface area (Å²) in [6.07, 6.45) is 0. The Hall–Kier alpha value is -3.28. The quantitative estimate of drug-likeness (QED) is 0.760. The van der Waals surface area contributed by atoms with Crippen LogP contribution in [0.15, 0.2) is 48.5 Å². The number of hydrogen-bond donors (Lipinski definition) is 1. The number of rotatable bonds is 5. The molecule has 26 heavy (non-hydrogen) atoms. The first kappa shape index (κ1) is 17.5. The Kier molecular flexibility index (Phi) is 4.93. The number of nitrogens with one attached hydrogen (secondary N) is 1. The molecule has 1 N–H and O–H groups in total. The first-order valence-corrected chi connectivity index (χ1v) is 8.19. The zero-order valence-electron chi connectivity index (χ0n) is 15.2. The van der Waals surface area contributed by atoms with Gasteiger partial charge in [-0.3, -0.25) is 4.79 Å². The standard InChI is InChI=1S/C20H21N3O3/c1-13-5-7-15(8-6-13)23-14(2)11-18(22-23)20(24)21-17-10-9-16(25-3)12-19(17)26-4/h5-12H,1-4H3,(H,21,24). The van der Waals surface area contributed by atoms with Gasteiger partial charge >= 0.3 is 0 Å². The van der Waals surface area contributed by atoms with Gasteiger partial charge in [-0.2, -0.15) is 5.10 Å². The van der Waals surface area contributed by atoms with Crippen molar-refractivity contribution < 1.29 is 14.3 Å². The molecule has 0 radical (unpaired) electrons. The average Bonchev–Trinajstić information content (AvgIpc) is 3.04. The van der Waals surface area contributed by atoms with E-state index in [1.807, 2.05) is 38.1 Å². The number of benzene rings is 2. The maximum atomic E-state index is 12.6. The van der Waals surface area contributed by atoms with Gasteiger partial charge in [-0.1, -0.05) is 17.7 Å². The average molecular weight is 351 g/mol. The molecule has 0 atom stereocenters. The molecular weight excluding hydrogens is 330 g/mol. The lowest BCUT2D eigenvalue weighted by Crippen LogP contribution is -2.14. The Labute approximate surface area is 152 Å². The summed E-state index contributed by atoms with van der Waals surface area (Å²) in [6.45, 7) is 3.94. The Bertz CT molecular complexity index is 930. The topological polar surface area (TPSA) is 65.4 Å². The zero-order valence-corrected chi connectivity index (χ0v) is 15.2. The van der Waals surface area contributed by atoms with Gasteiger partial charge in [0.1, 0.15) is 11.5 Å². The predicted octanol–water partition coefficient (Wildman–Crippen LogP) is 3.76.